The van der Waals surface area contributed by atoms with Crippen LogP contribution in [0.1, 0.15) is 29.7 Å². The van der Waals surface area contributed by atoms with Crippen molar-refractivity contribution in [1.29, 1.82) is 0 Å². The lowest BCUT2D eigenvalue weighted by Gasteiger charge is -2.13. The van der Waals surface area contributed by atoms with Crippen molar-refractivity contribution in [2.75, 3.05) is 6.61 Å². The van der Waals surface area contributed by atoms with Crippen LogP contribution >= 0.6 is 0 Å². The molecule has 1 unspecified atom stereocenters. The van der Waals surface area contributed by atoms with Gasteiger partial charge >= 0.3 is 0 Å². The molecule has 1 aliphatic heterocycles. The lowest BCUT2D eigenvalue weighted by molar-refractivity contribution is 0.213. The van der Waals surface area contributed by atoms with Gasteiger partial charge in [-0.15, -0.1) is 0 Å². The third-order valence-electron chi connectivity index (χ3n) is 3.33. The van der Waals surface area contributed by atoms with Gasteiger partial charge in [0.1, 0.15) is 11.9 Å². The molecular formula is C14H16N2O2. The quantitative estimate of drug-likeness (QED) is 0.897. The number of nitrogens with zero attached hydrogens (tertiary/aromatic N) is 2. The van der Waals surface area contributed by atoms with E-state index in [2.05, 4.69) is 5.10 Å². The molecule has 0 radical (unpaired) electrons. The zero-order valence-electron chi connectivity index (χ0n) is 10.3. The third-order valence-corrected chi connectivity index (χ3v) is 3.33. The Balaban J connectivity index is 1.97. The van der Waals surface area contributed by atoms with Crippen LogP contribution < -0.4 is 4.74 Å². The van der Waals surface area contributed by atoms with Crippen LogP contribution in [0.3, 0.4) is 0 Å². The third kappa shape index (κ3) is 1.78. The molecule has 0 amide bonds. The highest BCUT2D eigenvalue weighted by Gasteiger charge is 2.22. The number of aromatic nitrogens is 2. The van der Waals surface area contributed by atoms with Crippen LogP contribution in [0.2, 0.25) is 0 Å². The maximum Gasteiger partial charge on any atom is 0.128 e. The molecule has 1 atom stereocenters. The number of rotatable bonds is 3. The first-order valence-electron chi connectivity index (χ1n) is 6.24. The molecular weight excluding hydrogens is 228 g/mol. The Labute approximate surface area is 106 Å². The highest BCUT2D eigenvalue weighted by atomic mass is 16.5. The second-order valence-electron chi connectivity index (χ2n) is 4.47. The molecule has 1 aliphatic rings. The molecule has 0 bridgehead atoms. The number of hydrogen-bond donors (Lipinski definition) is 1. The molecule has 1 N–H and O–H groups in total. The first-order valence-corrected chi connectivity index (χ1v) is 6.24. The summed E-state index contributed by atoms with van der Waals surface area (Å²) in [6, 6.07) is 5.93. The maximum absolute atomic E-state index is 10.4. The molecule has 2 aromatic rings. The van der Waals surface area contributed by atoms with Crippen molar-refractivity contribution < 1.29 is 9.84 Å². The highest BCUT2D eigenvalue weighted by molar-refractivity contribution is 5.47. The summed E-state index contributed by atoms with van der Waals surface area (Å²) in [5.74, 6) is 0.842. The van der Waals surface area contributed by atoms with E-state index in [9.17, 15) is 5.11 Å². The fourth-order valence-corrected chi connectivity index (χ4v) is 2.33. The summed E-state index contributed by atoms with van der Waals surface area (Å²) in [5.41, 5.74) is 2.82. The zero-order chi connectivity index (χ0) is 12.5. The number of fused-ring (bicyclic) bond motifs is 1. The predicted molar refractivity (Wildman–Crippen MR) is 67.6 cm³/mol. The second kappa shape index (κ2) is 4.46. The van der Waals surface area contributed by atoms with E-state index in [4.69, 9.17) is 4.74 Å². The molecule has 18 heavy (non-hydrogen) atoms. The van der Waals surface area contributed by atoms with Gasteiger partial charge < -0.3 is 9.84 Å². The van der Waals surface area contributed by atoms with E-state index in [-0.39, 0.29) is 0 Å². The fourth-order valence-electron chi connectivity index (χ4n) is 2.33. The van der Waals surface area contributed by atoms with E-state index in [1.54, 1.807) is 6.20 Å². The molecule has 1 aromatic carbocycles. The van der Waals surface area contributed by atoms with E-state index in [1.165, 1.54) is 5.56 Å². The molecule has 3 rings (SSSR count). The normalized spacial score (nSPS) is 15.2. The molecule has 4 heteroatoms. The van der Waals surface area contributed by atoms with Gasteiger partial charge in [-0.1, -0.05) is 18.2 Å². The lowest BCUT2D eigenvalue weighted by Crippen LogP contribution is -2.01. The lowest BCUT2D eigenvalue weighted by atomic mass is 10.0. The SMILES string of the molecule is CCn1cc(C(O)c2cccc3c2OCC3)cn1. The van der Waals surface area contributed by atoms with E-state index >= 15 is 0 Å². The number of para-hydroxylation sites is 1. The van der Waals surface area contributed by atoms with Crippen molar-refractivity contribution in [1.82, 2.24) is 9.78 Å². The van der Waals surface area contributed by atoms with Crippen LogP contribution in [-0.4, -0.2) is 21.5 Å². The monoisotopic (exact) mass is 244 g/mol. The van der Waals surface area contributed by atoms with Gasteiger partial charge in [-0.25, -0.2) is 0 Å². The molecule has 94 valence electrons. The van der Waals surface area contributed by atoms with Gasteiger partial charge in [0.15, 0.2) is 0 Å². The van der Waals surface area contributed by atoms with Crippen molar-refractivity contribution >= 4 is 0 Å². The van der Waals surface area contributed by atoms with Crippen LogP contribution in [0.5, 0.6) is 5.75 Å². The van der Waals surface area contributed by atoms with E-state index in [0.717, 1.165) is 29.8 Å². The Bertz CT molecular complexity index is 563. The van der Waals surface area contributed by atoms with Crippen molar-refractivity contribution in [3.8, 4) is 5.75 Å². The number of benzene rings is 1. The van der Waals surface area contributed by atoms with E-state index < -0.39 is 6.10 Å². The number of aliphatic hydroxyl groups excluding tert-OH is 1. The van der Waals surface area contributed by atoms with Gasteiger partial charge in [-0.3, -0.25) is 4.68 Å². The minimum atomic E-state index is -0.668. The standard InChI is InChI=1S/C14H16N2O2/c1-2-16-9-11(8-15-16)13(17)12-5-3-4-10-6-7-18-14(10)12/h3-5,8-9,13,17H,2,6-7H2,1H3. The first kappa shape index (κ1) is 11.3. The Morgan fingerprint density at radius 2 is 2.39 bits per heavy atom. The maximum atomic E-state index is 10.4. The summed E-state index contributed by atoms with van der Waals surface area (Å²) in [5, 5.41) is 14.6. The van der Waals surface area contributed by atoms with Gasteiger partial charge in [0, 0.05) is 30.3 Å². The highest BCUT2D eigenvalue weighted by Crippen LogP contribution is 2.35. The minimum Gasteiger partial charge on any atom is -0.493 e. The number of aliphatic hydroxyl groups is 1. The molecule has 0 aliphatic carbocycles. The van der Waals surface area contributed by atoms with Gasteiger partial charge in [-0.05, 0) is 12.5 Å². The summed E-state index contributed by atoms with van der Waals surface area (Å²) in [6.07, 6.45) is 3.84. The average molecular weight is 244 g/mol. The Morgan fingerprint density at radius 3 is 3.17 bits per heavy atom. The smallest absolute Gasteiger partial charge is 0.128 e. The van der Waals surface area contributed by atoms with E-state index in [1.807, 2.05) is 36.0 Å². The van der Waals surface area contributed by atoms with Gasteiger partial charge in [0.25, 0.3) is 0 Å². The first-order chi connectivity index (χ1) is 8.79. The fraction of sp³-hybridized carbons (Fsp3) is 0.357. The van der Waals surface area contributed by atoms with Crippen molar-refractivity contribution in [3.05, 3.63) is 47.3 Å². The Morgan fingerprint density at radius 1 is 1.50 bits per heavy atom. The Kier molecular flexibility index (Phi) is 2.80. The van der Waals surface area contributed by atoms with Crippen LogP contribution in [0, 0.1) is 0 Å². The van der Waals surface area contributed by atoms with Crippen LogP contribution in [0.25, 0.3) is 0 Å². The summed E-state index contributed by atoms with van der Waals surface area (Å²) in [6.45, 7) is 3.52. The zero-order valence-corrected chi connectivity index (χ0v) is 10.3. The number of aryl methyl sites for hydroxylation is 1. The molecule has 4 nitrogen and oxygen atoms in total. The van der Waals surface area contributed by atoms with Crippen LogP contribution in [0.15, 0.2) is 30.6 Å². The van der Waals surface area contributed by atoms with Crippen molar-refractivity contribution in [2.24, 2.45) is 0 Å². The molecule has 0 spiro atoms. The molecule has 0 saturated heterocycles. The molecule has 0 saturated carbocycles. The van der Waals surface area contributed by atoms with Gasteiger partial charge in [0.05, 0.1) is 12.8 Å². The molecule has 0 fully saturated rings. The van der Waals surface area contributed by atoms with Crippen LogP contribution in [-0.2, 0) is 13.0 Å². The Hall–Kier alpha value is -1.81. The summed E-state index contributed by atoms with van der Waals surface area (Å²) >= 11 is 0. The van der Waals surface area contributed by atoms with Crippen LogP contribution in [0.4, 0.5) is 0 Å². The van der Waals surface area contributed by atoms with Crippen molar-refractivity contribution in [2.45, 2.75) is 26.0 Å². The number of ether oxygens (including phenoxy) is 1. The average Bonchev–Trinajstić information content (AvgIpc) is 3.05. The topological polar surface area (TPSA) is 47.3 Å². The molecule has 1 aromatic heterocycles. The molecule has 2 heterocycles. The van der Waals surface area contributed by atoms with Crippen molar-refractivity contribution in [3.63, 3.8) is 0 Å². The number of hydrogen-bond acceptors (Lipinski definition) is 3. The summed E-state index contributed by atoms with van der Waals surface area (Å²) < 4.78 is 7.43. The second-order valence-corrected chi connectivity index (χ2v) is 4.47. The van der Waals surface area contributed by atoms with E-state index in [0.29, 0.717) is 6.61 Å². The minimum absolute atomic E-state index is 0.668. The van der Waals surface area contributed by atoms with Gasteiger partial charge in [0.2, 0.25) is 0 Å². The van der Waals surface area contributed by atoms with Gasteiger partial charge in [-0.2, -0.15) is 5.10 Å². The summed E-state index contributed by atoms with van der Waals surface area (Å²) in [7, 11) is 0. The summed E-state index contributed by atoms with van der Waals surface area (Å²) in [4.78, 5) is 0. The predicted octanol–water partition coefficient (Wildman–Crippen LogP) is 1.92. The largest absolute Gasteiger partial charge is 0.493 e.